The minimum Gasteiger partial charge on any atom is -0.489 e. The van der Waals surface area contributed by atoms with E-state index in [9.17, 15) is 18.0 Å². The molecule has 4 aromatic rings. The second-order valence-electron chi connectivity index (χ2n) is 11.8. The number of likely N-dealkylation sites (tertiary alicyclic amines) is 1. The molecule has 43 heavy (non-hydrogen) atoms. The maximum Gasteiger partial charge on any atom is 0.433 e. The van der Waals surface area contributed by atoms with Gasteiger partial charge in [0.05, 0.1) is 16.8 Å². The van der Waals surface area contributed by atoms with Crippen LogP contribution in [-0.2, 0) is 17.6 Å². The Labute approximate surface area is 253 Å². The minimum absolute atomic E-state index is 0.104. The number of carbonyl (C=O) groups is 1. The van der Waals surface area contributed by atoms with Crippen LogP contribution in [0, 0.1) is 12.8 Å². The number of hydrogen-bond donors (Lipinski definition) is 0. The maximum absolute atomic E-state index is 13.5. The van der Waals surface area contributed by atoms with Gasteiger partial charge in [-0.3, -0.25) is 4.79 Å². The van der Waals surface area contributed by atoms with Crippen LogP contribution >= 0.6 is 11.3 Å². The summed E-state index contributed by atoms with van der Waals surface area (Å²) in [6, 6.07) is 14.3. The fourth-order valence-corrected chi connectivity index (χ4v) is 6.92. The zero-order valence-corrected chi connectivity index (χ0v) is 25.3. The van der Waals surface area contributed by atoms with E-state index in [0.29, 0.717) is 30.0 Å². The number of benzene rings is 1. The number of pyridine rings is 1. The summed E-state index contributed by atoms with van der Waals surface area (Å²) in [5.41, 5.74) is 3.23. The Balaban J connectivity index is 1.18. The van der Waals surface area contributed by atoms with Gasteiger partial charge < -0.3 is 9.64 Å². The van der Waals surface area contributed by atoms with E-state index in [2.05, 4.69) is 41.0 Å². The van der Waals surface area contributed by atoms with Gasteiger partial charge in [0.25, 0.3) is 0 Å². The van der Waals surface area contributed by atoms with Gasteiger partial charge in [-0.05, 0) is 92.0 Å². The van der Waals surface area contributed by atoms with Gasteiger partial charge in [-0.2, -0.15) is 18.3 Å². The molecule has 0 atom stereocenters. The highest BCUT2D eigenvalue weighted by Gasteiger charge is 2.36. The summed E-state index contributed by atoms with van der Waals surface area (Å²) in [4.78, 5) is 21.0. The highest BCUT2D eigenvalue weighted by atomic mass is 32.1. The highest BCUT2D eigenvalue weighted by Crippen LogP contribution is 2.39. The largest absolute Gasteiger partial charge is 0.489 e. The number of nitrogens with zero attached hydrogens (tertiary/aromatic N) is 4. The molecule has 226 valence electrons. The molecule has 1 aliphatic heterocycles. The first-order chi connectivity index (χ1) is 20.6. The average molecular weight is 609 g/mol. The predicted octanol–water partition coefficient (Wildman–Crippen LogP) is 8.14. The number of rotatable bonds is 8. The number of thiophene rings is 1. The smallest absolute Gasteiger partial charge is 0.433 e. The number of alkyl halides is 3. The van der Waals surface area contributed by atoms with E-state index < -0.39 is 11.9 Å². The number of hydrogen-bond acceptors (Lipinski definition) is 5. The van der Waals surface area contributed by atoms with Gasteiger partial charge in [-0.1, -0.05) is 26.0 Å². The quantitative estimate of drug-likeness (QED) is 0.203. The van der Waals surface area contributed by atoms with Crippen molar-refractivity contribution in [3.05, 3.63) is 82.0 Å². The van der Waals surface area contributed by atoms with Crippen LogP contribution in [0.1, 0.15) is 78.6 Å². The van der Waals surface area contributed by atoms with E-state index in [1.807, 2.05) is 19.1 Å². The molecule has 3 aromatic heterocycles. The normalized spacial score (nSPS) is 16.2. The summed E-state index contributed by atoms with van der Waals surface area (Å²) in [6.45, 7) is 8.33. The second-order valence-corrected chi connectivity index (χ2v) is 13.1. The van der Waals surface area contributed by atoms with Crippen molar-refractivity contribution >= 4 is 17.2 Å². The molecule has 1 amide bonds. The van der Waals surface area contributed by atoms with Crippen LogP contribution in [-0.4, -0.2) is 38.7 Å². The summed E-state index contributed by atoms with van der Waals surface area (Å²) in [5.74, 6) is 2.23. The summed E-state index contributed by atoms with van der Waals surface area (Å²) in [6.07, 6.45) is 0.628. The summed E-state index contributed by atoms with van der Waals surface area (Å²) < 4.78 is 47.6. The molecule has 0 unspecified atom stereocenters. The molecular formula is C33H35F3N4O2S. The Morgan fingerprint density at radius 1 is 1.07 bits per heavy atom. The Bertz CT molecular complexity index is 1610. The zero-order chi connectivity index (χ0) is 30.3. The summed E-state index contributed by atoms with van der Waals surface area (Å²) in [5, 5.41) is 3.87. The number of aryl methyl sites for hydroxylation is 1. The van der Waals surface area contributed by atoms with Crippen molar-refractivity contribution in [2.24, 2.45) is 5.92 Å². The third-order valence-corrected chi connectivity index (χ3v) is 9.41. The van der Waals surface area contributed by atoms with Crippen molar-refractivity contribution in [3.8, 4) is 22.1 Å². The maximum atomic E-state index is 13.5. The second kappa shape index (κ2) is 11.8. The number of piperidine rings is 1. The van der Waals surface area contributed by atoms with Crippen molar-refractivity contribution in [2.75, 3.05) is 13.1 Å². The van der Waals surface area contributed by atoms with Crippen LogP contribution in [0.3, 0.4) is 0 Å². The molecule has 4 heterocycles. The van der Waals surface area contributed by atoms with Gasteiger partial charge in [0.2, 0.25) is 5.91 Å². The first-order valence-electron chi connectivity index (χ1n) is 14.8. The topological polar surface area (TPSA) is 60.2 Å². The lowest BCUT2D eigenvalue weighted by Gasteiger charge is -2.33. The number of aromatic nitrogens is 3. The molecule has 0 bridgehead atoms. The van der Waals surface area contributed by atoms with Crippen LogP contribution in [0.2, 0.25) is 0 Å². The third-order valence-electron chi connectivity index (χ3n) is 8.30. The number of halogens is 3. The first-order valence-corrected chi connectivity index (χ1v) is 15.6. The molecule has 10 heteroatoms. The molecule has 2 aliphatic rings. The van der Waals surface area contributed by atoms with Gasteiger partial charge >= 0.3 is 6.18 Å². The fourth-order valence-electron chi connectivity index (χ4n) is 5.93. The molecule has 2 fully saturated rings. The SMILES string of the molecule is Cc1cc(COc2ccc(C3CCN(C(=O)C4CC4)CC3)c(C(C)C)c2)c(-c2cccc(-n3nccc3C(F)(F)F)n2)s1. The van der Waals surface area contributed by atoms with Crippen molar-refractivity contribution < 1.29 is 22.7 Å². The van der Waals surface area contributed by atoms with Gasteiger partial charge in [0, 0.05) is 29.4 Å². The summed E-state index contributed by atoms with van der Waals surface area (Å²) >= 11 is 1.53. The molecular weight excluding hydrogens is 573 g/mol. The van der Waals surface area contributed by atoms with E-state index >= 15 is 0 Å². The third kappa shape index (κ3) is 6.34. The molecule has 1 aromatic carbocycles. The van der Waals surface area contributed by atoms with Gasteiger partial charge in [-0.25, -0.2) is 9.67 Å². The lowest BCUT2D eigenvalue weighted by Crippen LogP contribution is -2.38. The average Bonchev–Trinajstić information content (AvgIpc) is 3.58. The monoisotopic (exact) mass is 608 g/mol. The summed E-state index contributed by atoms with van der Waals surface area (Å²) in [7, 11) is 0. The highest BCUT2D eigenvalue weighted by molar-refractivity contribution is 7.15. The molecule has 0 N–H and O–H groups in total. The lowest BCUT2D eigenvalue weighted by atomic mass is 9.83. The Morgan fingerprint density at radius 3 is 2.53 bits per heavy atom. The standard InChI is InChI=1S/C33H35F3N4O2S/c1-20(2)27-18-25(9-10-26(27)22-12-15-39(16-13-22)32(41)23-7-8-23)42-19-24-17-21(3)43-31(24)28-5-4-6-30(38-28)40-29(11-14-37-40)33(34,35)36/h4-6,9-11,14,17-18,20,22-23H,7-8,12-13,15-16,19H2,1-3H3. The van der Waals surface area contributed by atoms with Crippen molar-refractivity contribution in [3.63, 3.8) is 0 Å². The van der Waals surface area contributed by atoms with Crippen molar-refractivity contribution in [1.82, 2.24) is 19.7 Å². The van der Waals surface area contributed by atoms with Crippen LogP contribution < -0.4 is 4.74 Å². The lowest BCUT2D eigenvalue weighted by molar-refractivity contribution is -0.142. The number of ether oxygens (including phenoxy) is 1. The van der Waals surface area contributed by atoms with Gasteiger partial charge in [0.15, 0.2) is 5.82 Å². The number of carbonyl (C=O) groups excluding carboxylic acids is 1. The van der Waals surface area contributed by atoms with E-state index in [-0.39, 0.29) is 11.7 Å². The van der Waals surface area contributed by atoms with E-state index in [4.69, 9.17) is 4.74 Å². The van der Waals surface area contributed by atoms with Crippen LogP contribution in [0.25, 0.3) is 16.4 Å². The van der Waals surface area contributed by atoms with Gasteiger partial charge in [0.1, 0.15) is 18.1 Å². The Hall–Kier alpha value is -3.66. The van der Waals surface area contributed by atoms with Gasteiger partial charge in [-0.15, -0.1) is 11.3 Å². The molecule has 6 nitrogen and oxygen atoms in total. The van der Waals surface area contributed by atoms with Crippen LogP contribution in [0.4, 0.5) is 13.2 Å². The molecule has 1 aliphatic carbocycles. The first kappa shape index (κ1) is 29.4. The molecule has 0 radical (unpaired) electrons. The number of amides is 1. The molecule has 0 spiro atoms. The zero-order valence-electron chi connectivity index (χ0n) is 24.5. The molecule has 1 saturated heterocycles. The van der Waals surface area contributed by atoms with E-state index in [1.54, 1.807) is 12.1 Å². The fraction of sp³-hybridized carbons (Fsp3) is 0.424. The van der Waals surface area contributed by atoms with Crippen LogP contribution in [0.5, 0.6) is 5.75 Å². The van der Waals surface area contributed by atoms with E-state index in [1.165, 1.54) is 28.5 Å². The molecule has 1 saturated carbocycles. The van der Waals surface area contributed by atoms with Crippen molar-refractivity contribution in [2.45, 2.75) is 71.1 Å². The van der Waals surface area contributed by atoms with E-state index in [0.717, 1.165) is 76.8 Å². The Morgan fingerprint density at radius 2 is 1.84 bits per heavy atom. The predicted molar refractivity (Wildman–Crippen MR) is 161 cm³/mol. The minimum atomic E-state index is -4.54. The van der Waals surface area contributed by atoms with Crippen molar-refractivity contribution in [1.29, 1.82) is 0 Å². The van der Waals surface area contributed by atoms with Crippen LogP contribution in [0.15, 0.2) is 54.7 Å². The Kier molecular flexibility index (Phi) is 8.06. The molecule has 6 rings (SSSR count).